The van der Waals surface area contributed by atoms with Crippen LogP contribution in [0.3, 0.4) is 0 Å². The van der Waals surface area contributed by atoms with Gasteiger partial charge in [-0.25, -0.2) is 0 Å². The van der Waals surface area contributed by atoms with Gasteiger partial charge in [-0.2, -0.15) is 0 Å². The van der Waals surface area contributed by atoms with Crippen LogP contribution >= 0.6 is 7.92 Å². The molecule has 0 aliphatic heterocycles. The molecule has 0 bridgehead atoms. The molecule has 2 rings (SSSR count). The van der Waals surface area contributed by atoms with E-state index in [-0.39, 0.29) is 34.2 Å². The first-order valence-corrected chi connectivity index (χ1v) is 10.5. The van der Waals surface area contributed by atoms with E-state index < -0.39 is 13.5 Å². The van der Waals surface area contributed by atoms with Crippen molar-refractivity contribution in [1.82, 2.24) is 0 Å². The van der Waals surface area contributed by atoms with Gasteiger partial charge in [-0.3, -0.25) is 0 Å². The summed E-state index contributed by atoms with van der Waals surface area (Å²) in [5.41, 5.74) is 11.0. The number of hydrogen-bond donors (Lipinski definition) is 0. The molecule has 0 unspecified atom stereocenters. The van der Waals surface area contributed by atoms with Gasteiger partial charge in [-0.05, 0) is 47.1 Å². The second-order valence-corrected chi connectivity index (χ2v) is 13.1. The zero-order valence-electron chi connectivity index (χ0n) is 17.3. The summed E-state index contributed by atoms with van der Waals surface area (Å²) in [4.78, 5) is 0. The Morgan fingerprint density at radius 3 is 1.27 bits per heavy atom. The Balaban J connectivity index is 0.00000312. The van der Waals surface area contributed by atoms with Crippen LogP contribution in [-0.4, -0.2) is 16.5 Å². The third-order valence-electron chi connectivity index (χ3n) is 4.79. The predicted octanol–water partition coefficient (Wildman–Crippen LogP) is 7.24. The van der Waals surface area contributed by atoms with Crippen molar-refractivity contribution >= 4 is 7.92 Å². The molecule has 0 aromatic heterocycles. The maximum atomic E-state index is 9.52. The smallest absolute Gasteiger partial charge is 0.661 e. The fourth-order valence-corrected chi connectivity index (χ4v) is 7.99. The molecule has 2 aromatic carbocycles. The van der Waals surface area contributed by atoms with Gasteiger partial charge in [0, 0.05) is 7.92 Å². The van der Waals surface area contributed by atoms with Crippen LogP contribution in [0.15, 0.2) is 60.7 Å². The van der Waals surface area contributed by atoms with Gasteiger partial charge in [0.1, 0.15) is 0 Å². The van der Waals surface area contributed by atoms with Crippen LogP contribution in [0.25, 0.3) is 5.73 Å². The molecule has 0 heterocycles. The van der Waals surface area contributed by atoms with Gasteiger partial charge < -0.3 is 13.2 Å². The summed E-state index contributed by atoms with van der Waals surface area (Å²) in [6, 6.07) is 20.8. The van der Waals surface area contributed by atoms with Crippen molar-refractivity contribution in [3.63, 3.8) is 0 Å². The van der Waals surface area contributed by atoms with Crippen molar-refractivity contribution in [2.45, 2.75) is 57.4 Å². The van der Waals surface area contributed by atoms with E-state index >= 15 is 0 Å². The number of benzene rings is 2. The van der Waals surface area contributed by atoms with Crippen LogP contribution in [0.2, 0.25) is 0 Å². The first-order valence-electron chi connectivity index (χ1n) is 8.78. The fourth-order valence-electron chi connectivity index (χ4n) is 3.74. The van der Waals surface area contributed by atoms with Crippen molar-refractivity contribution in [1.29, 1.82) is 0 Å². The van der Waals surface area contributed by atoms with Crippen LogP contribution < -0.4 is 0 Å². The van der Waals surface area contributed by atoms with Gasteiger partial charge in [-0.1, -0.05) is 71.8 Å². The minimum Gasteiger partial charge on any atom is -0.661 e. The predicted molar refractivity (Wildman–Crippen MR) is 117 cm³/mol. The average molecular weight is 415 g/mol. The molecular formula is C23H35NNiP+. The second-order valence-electron chi connectivity index (χ2n) is 8.79. The topological polar surface area (TPSA) is 23.8 Å². The second kappa shape index (κ2) is 9.50. The van der Waals surface area contributed by atoms with E-state index in [1.54, 1.807) is 0 Å². The number of hydrogen-bond acceptors (Lipinski definition) is 0. The molecule has 0 amide bonds. The van der Waals surface area contributed by atoms with Gasteiger partial charge in [0.15, 0.2) is 0 Å². The van der Waals surface area contributed by atoms with Crippen molar-refractivity contribution < 1.29 is 16.5 Å². The zero-order valence-corrected chi connectivity index (χ0v) is 19.3. The van der Waals surface area contributed by atoms with Crippen molar-refractivity contribution in [3.05, 3.63) is 85.0 Å². The minimum absolute atomic E-state index is 0. The average Bonchev–Trinajstić information content (AvgIpc) is 2.52. The molecule has 0 radical (unpaired) electrons. The summed E-state index contributed by atoms with van der Waals surface area (Å²) in [6.07, 6.45) is 0.915. The summed E-state index contributed by atoms with van der Waals surface area (Å²) >= 11 is 0. The Morgan fingerprint density at radius 1 is 0.692 bits per heavy atom. The molecule has 146 valence electrons. The van der Waals surface area contributed by atoms with Gasteiger partial charge >= 0.3 is 16.5 Å². The summed E-state index contributed by atoms with van der Waals surface area (Å²) < 4.78 is 0. The molecule has 0 spiro atoms. The third kappa shape index (κ3) is 5.92. The fraction of sp³-hybridized carbons (Fsp3) is 0.435. The quantitative estimate of drug-likeness (QED) is 0.286. The zero-order chi connectivity index (χ0) is 18.0. The maximum Gasteiger partial charge on any atom is 2.00 e. The maximum absolute atomic E-state index is 9.52. The van der Waals surface area contributed by atoms with Crippen LogP contribution in [0, 0.1) is 7.43 Å². The van der Waals surface area contributed by atoms with E-state index in [4.69, 9.17) is 0 Å². The molecule has 1 nitrogen and oxygen atoms in total. The van der Waals surface area contributed by atoms with Crippen molar-refractivity contribution in [3.8, 4) is 0 Å². The molecule has 0 atom stereocenters. The summed E-state index contributed by atoms with van der Waals surface area (Å²) in [7, 11) is -0.814. The molecule has 3 heteroatoms. The monoisotopic (exact) mass is 414 g/mol. The van der Waals surface area contributed by atoms with Crippen molar-refractivity contribution in [2.75, 3.05) is 6.16 Å². The van der Waals surface area contributed by atoms with E-state index in [0.29, 0.717) is 0 Å². The van der Waals surface area contributed by atoms with E-state index in [9.17, 15) is 5.73 Å². The summed E-state index contributed by atoms with van der Waals surface area (Å²) in [6.45, 7) is 14.1. The molecular weight excluding hydrogens is 380 g/mol. The van der Waals surface area contributed by atoms with Crippen LogP contribution in [0.4, 0.5) is 0 Å². The van der Waals surface area contributed by atoms with Gasteiger partial charge in [0.2, 0.25) is 0 Å². The largest absolute Gasteiger partial charge is 2.00 e. The molecule has 0 fully saturated rings. The SMILES string of the molecule is CC(C)(C)[PH+](CC([NH-])(c1ccccc1)c1ccccc1)C(C)(C)C.[CH3-].[Ni+2]. The van der Waals surface area contributed by atoms with Crippen LogP contribution in [0.1, 0.15) is 52.7 Å². The van der Waals surface area contributed by atoms with Crippen LogP contribution in [-0.2, 0) is 22.0 Å². The van der Waals surface area contributed by atoms with Gasteiger partial charge in [0.25, 0.3) is 0 Å². The Labute approximate surface area is 172 Å². The summed E-state index contributed by atoms with van der Waals surface area (Å²) in [5, 5.41) is 0.498. The molecule has 1 N–H and O–H groups in total. The molecule has 2 aromatic rings. The molecule has 0 saturated heterocycles. The standard InChI is InChI=1S/C22H31NP.CH3.Ni/c1-20(2,3)24(21(4,5)6)17-22(23,18-13-9-7-10-14-18)19-15-11-8-12-16-19;;/h7-16,23H,17H2,1-6H3;1H3;/q2*-1;+2/p+1. The van der Waals surface area contributed by atoms with E-state index in [0.717, 1.165) is 17.3 Å². The Kier molecular flexibility index (Phi) is 9.25. The molecule has 0 saturated carbocycles. The first-order chi connectivity index (χ1) is 11.0. The van der Waals surface area contributed by atoms with E-state index in [1.807, 2.05) is 12.1 Å². The van der Waals surface area contributed by atoms with Crippen molar-refractivity contribution in [2.24, 2.45) is 0 Å². The van der Waals surface area contributed by atoms with Crippen LogP contribution in [0.5, 0.6) is 0 Å². The first kappa shape index (κ1) is 25.3. The van der Waals surface area contributed by atoms with Gasteiger partial charge in [0.05, 0.1) is 16.5 Å². The molecule has 0 aliphatic rings. The third-order valence-corrected chi connectivity index (χ3v) is 9.29. The Hall–Kier alpha value is -0.676. The molecule has 0 aliphatic carbocycles. The Bertz CT molecular complexity index is 588. The van der Waals surface area contributed by atoms with E-state index in [1.165, 1.54) is 0 Å². The molecule has 26 heavy (non-hydrogen) atoms. The number of nitrogens with one attached hydrogen (secondary N) is 1. The van der Waals surface area contributed by atoms with Gasteiger partial charge in [-0.15, -0.1) is 0 Å². The summed E-state index contributed by atoms with van der Waals surface area (Å²) in [5.74, 6) is 0. The van der Waals surface area contributed by atoms with E-state index in [2.05, 4.69) is 90.1 Å². The normalized spacial score (nSPS) is 12.3. The minimum atomic E-state index is -0.814. The number of rotatable bonds is 4. The Morgan fingerprint density at radius 2 is 1.00 bits per heavy atom.